The highest BCUT2D eigenvalue weighted by Gasteiger charge is 2.21. The maximum atomic E-state index is 12.4. The van der Waals surface area contributed by atoms with E-state index in [9.17, 15) is 9.59 Å². The van der Waals surface area contributed by atoms with Crippen LogP contribution in [0.25, 0.3) is 0 Å². The minimum absolute atomic E-state index is 0.0438. The van der Waals surface area contributed by atoms with Crippen molar-refractivity contribution >= 4 is 57.4 Å². The van der Waals surface area contributed by atoms with Gasteiger partial charge in [-0.25, -0.2) is 4.79 Å². The number of carboxylic acids is 1. The fourth-order valence-corrected chi connectivity index (χ4v) is 3.65. The summed E-state index contributed by atoms with van der Waals surface area (Å²) in [4.78, 5) is 23.4. The molecule has 23 heavy (non-hydrogen) atoms. The van der Waals surface area contributed by atoms with Crippen molar-refractivity contribution in [2.24, 2.45) is 0 Å². The summed E-state index contributed by atoms with van der Waals surface area (Å²) in [6.07, 6.45) is 0.548. The largest absolute Gasteiger partial charge is 0.478 e. The van der Waals surface area contributed by atoms with E-state index in [-0.39, 0.29) is 22.2 Å². The van der Waals surface area contributed by atoms with E-state index in [2.05, 4.69) is 15.5 Å². The number of rotatable bonds is 6. The van der Waals surface area contributed by atoms with Crippen molar-refractivity contribution in [3.8, 4) is 0 Å². The Morgan fingerprint density at radius 3 is 2.78 bits per heavy atom. The number of nitrogens with two attached hydrogens (primary N) is 1. The highest BCUT2D eigenvalue weighted by atomic mass is 35.5. The van der Waals surface area contributed by atoms with E-state index >= 15 is 0 Å². The Morgan fingerprint density at radius 1 is 1.48 bits per heavy atom. The van der Waals surface area contributed by atoms with Crippen molar-refractivity contribution in [3.05, 3.63) is 28.8 Å². The quantitative estimate of drug-likeness (QED) is 0.667. The minimum Gasteiger partial charge on any atom is -0.478 e. The van der Waals surface area contributed by atoms with Gasteiger partial charge in [-0.1, -0.05) is 41.6 Å². The Morgan fingerprint density at radius 2 is 2.22 bits per heavy atom. The van der Waals surface area contributed by atoms with Gasteiger partial charge in [-0.2, -0.15) is 0 Å². The number of carboxylic acid groups (broad SMARTS) is 1. The van der Waals surface area contributed by atoms with Crippen LogP contribution in [-0.4, -0.2) is 32.4 Å². The molecule has 0 aliphatic carbocycles. The number of aromatic carboxylic acids is 1. The lowest BCUT2D eigenvalue weighted by molar-refractivity contribution is -0.115. The lowest BCUT2D eigenvalue weighted by atomic mass is 10.2. The van der Waals surface area contributed by atoms with E-state index in [4.69, 9.17) is 22.4 Å². The summed E-state index contributed by atoms with van der Waals surface area (Å²) < 4.78 is 0.592. The molecular formula is C13H13ClN4O3S2. The number of nitrogens with zero attached hydrogens (tertiary/aromatic N) is 2. The highest BCUT2D eigenvalue weighted by Crippen LogP contribution is 2.31. The van der Waals surface area contributed by atoms with Gasteiger partial charge in [0.2, 0.25) is 11.0 Å². The van der Waals surface area contributed by atoms with Gasteiger partial charge in [0, 0.05) is 0 Å². The molecule has 1 amide bonds. The number of nitrogens with one attached hydrogen (secondary N) is 1. The summed E-state index contributed by atoms with van der Waals surface area (Å²) in [5.74, 6) is -1.39. The molecule has 1 aromatic carbocycles. The summed E-state index contributed by atoms with van der Waals surface area (Å²) in [6, 6.07) is 4.12. The Hall–Kier alpha value is -1.84. The first-order chi connectivity index (χ1) is 10.9. The third kappa shape index (κ3) is 4.57. The third-order valence-corrected chi connectivity index (χ3v) is 5.33. The topological polar surface area (TPSA) is 118 Å². The van der Waals surface area contributed by atoms with Gasteiger partial charge < -0.3 is 16.2 Å². The molecule has 1 aromatic heterocycles. The van der Waals surface area contributed by atoms with E-state index < -0.39 is 11.2 Å². The zero-order chi connectivity index (χ0) is 17.0. The van der Waals surface area contributed by atoms with Crippen LogP contribution in [0.3, 0.4) is 0 Å². The molecule has 2 aromatic rings. The average molecular weight is 373 g/mol. The maximum Gasteiger partial charge on any atom is 0.335 e. The van der Waals surface area contributed by atoms with Crippen LogP contribution in [0.1, 0.15) is 23.7 Å². The van der Waals surface area contributed by atoms with Crippen molar-refractivity contribution in [1.82, 2.24) is 10.2 Å². The summed E-state index contributed by atoms with van der Waals surface area (Å²) >= 11 is 8.45. The Labute approximate surface area is 145 Å². The van der Waals surface area contributed by atoms with Crippen LogP contribution >= 0.6 is 34.7 Å². The predicted octanol–water partition coefficient (Wildman–Crippen LogP) is 2.98. The van der Waals surface area contributed by atoms with Crippen molar-refractivity contribution in [1.29, 1.82) is 0 Å². The maximum absolute atomic E-state index is 12.4. The summed E-state index contributed by atoms with van der Waals surface area (Å²) in [5, 5.41) is 19.4. The van der Waals surface area contributed by atoms with Crippen molar-refractivity contribution in [2.75, 3.05) is 11.1 Å². The van der Waals surface area contributed by atoms with Crippen molar-refractivity contribution in [2.45, 2.75) is 22.9 Å². The molecule has 122 valence electrons. The molecule has 0 radical (unpaired) electrons. The van der Waals surface area contributed by atoms with Crippen LogP contribution < -0.4 is 11.1 Å². The van der Waals surface area contributed by atoms with Gasteiger partial charge in [-0.05, 0) is 24.6 Å². The highest BCUT2D eigenvalue weighted by molar-refractivity contribution is 8.02. The third-order valence-electron chi connectivity index (χ3n) is 2.80. The first-order valence-corrected chi connectivity index (χ1v) is 8.57. The van der Waals surface area contributed by atoms with E-state index in [0.717, 1.165) is 0 Å². The molecule has 4 N–H and O–H groups in total. The lowest BCUT2D eigenvalue weighted by Gasteiger charge is -2.14. The zero-order valence-corrected chi connectivity index (χ0v) is 14.3. The Bertz CT molecular complexity index is 738. The van der Waals surface area contributed by atoms with Crippen LogP contribution in [0.4, 0.5) is 10.8 Å². The number of hydrogen-bond donors (Lipinski definition) is 3. The van der Waals surface area contributed by atoms with E-state index in [0.29, 0.717) is 15.9 Å². The molecule has 0 spiro atoms. The van der Waals surface area contributed by atoms with E-state index in [1.165, 1.54) is 41.3 Å². The SMILES string of the molecule is CCC(Sc1nnc(N)s1)C(=O)Nc1cc(C(=O)O)ccc1Cl. The number of amides is 1. The van der Waals surface area contributed by atoms with Gasteiger partial charge in [0.1, 0.15) is 0 Å². The first kappa shape index (κ1) is 17.5. The predicted molar refractivity (Wildman–Crippen MR) is 91.3 cm³/mol. The first-order valence-electron chi connectivity index (χ1n) is 6.50. The molecule has 7 nitrogen and oxygen atoms in total. The minimum atomic E-state index is -1.09. The Balaban J connectivity index is 2.13. The Kier molecular flexibility index (Phi) is 5.80. The normalized spacial score (nSPS) is 11.9. The number of benzene rings is 1. The second-order valence-corrected chi connectivity index (χ2v) is 7.28. The average Bonchev–Trinajstić information content (AvgIpc) is 2.91. The summed E-state index contributed by atoms with van der Waals surface area (Å²) in [5.41, 5.74) is 5.82. The van der Waals surface area contributed by atoms with Gasteiger partial charge in [0.25, 0.3) is 0 Å². The monoisotopic (exact) mass is 372 g/mol. The number of carbonyl (C=O) groups excluding carboxylic acids is 1. The molecular weight excluding hydrogens is 360 g/mol. The molecule has 2 rings (SSSR count). The van der Waals surface area contributed by atoms with Crippen LogP contribution in [0, 0.1) is 0 Å². The zero-order valence-electron chi connectivity index (χ0n) is 11.9. The van der Waals surface area contributed by atoms with Gasteiger partial charge in [0.05, 0.1) is 21.5 Å². The fraction of sp³-hybridized carbons (Fsp3) is 0.231. The molecule has 0 saturated heterocycles. The lowest BCUT2D eigenvalue weighted by Crippen LogP contribution is -2.24. The van der Waals surface area contributed by atoms with Gasteiger partial charge in [-0.3, -0.25) is 4.79 Å². The second-order valence-electron chi connectivity index (χ2n) is 4.41. The van der Waals surface area contributed by atoms with Crippen LogP contribution in [0.2, 0.25) is 5.02 Å². The van der Waals surface area contributed by atoms with Gasteiger partial charge in [0.15, 0.2) is 4.34 Å². The summed E-state index contributed by atoms with van der Waals surface area (Å²) in [6.45, 7) is 1.86. The molecule has 1 unspecified atom stereocenters. The number of nitrogen functional groups attached to an aromatic ring is 1. The standard InChI is InChI=1S/C13H13ClN4O3S2/c1-2-9(22-13-18-17-12(15)23-13)10(19)16-8-5-6(11(20)21)3-4-7(8)14/h3-5,9H,2H2,1H3,(H2,15,17)(H,16,19)(H,20,21). The van der Waals surface area contributed by atoms with Crippen LogP contribution in [0.5, 0.6) is 0 Å². The number of aromatic nitrogens is 2. The van der Waals surface area contributed by atoms with Crippen molar-refractivity contribution < 1.29 is 14.7 Å². The number of anilines is 2. The van der Waals surface area contributed by atoms with Crippen LogP contribution in [0.15, 0.2) is 22.5 Å². The number of hydrogen-bond acceptors (Lipinski definition) is 7. The molecule has 0 aliphatic heterocycles. The second kappa shape index (κ2) is 7.62. The molecule has 0 bridgehead atoms. The number of carbonyl (C=O) groups is 2. The van der Waals surface area contributed by atoms with E-state index in [1.54, 1.807) is 0 Å². The molecule has 0 fully saturated rings. The number of halogens is 1. The summed E-state index contributed by atoms with van der Waals surface area (Å²) in [7, 11) is 0. The van der Waals surface area contributed by atoms with Gasteiger partial charge >= 0.3 is 5.97 Å². The number of thioether (sulfide) groups is 1. The van der Waals surface area contributed by atoms with Crippen molar-refractivity contribution in [3.63, 3.8) is 0 Å². The molecule has 10 heteroatoms. The van der Waals surface area contributed by atoms with Gasteiger partial charge in [-0.15, -0.1) is 10.2 Å². The molecule has 1 atom stereocenters. The fourth-order valence-electron chi connectivity index (χ4n) is 1.68. The smallest absolute Gasteiger partial charge is 0.335 e. The molecule has 0 aliphatic rings. The molecule has 1 heterocycles. The molecule has 0 saturated carbocycles. The van der Waals surface area contributed by atoms with E-state index in [1.807, 2.05) is 6.92 Å². The van der Waals surface area contributed by atoms with Crippen LogP contribution in [-0.2, 0) is 4.79 Å².